The predicted molar refractivity (Wildman–Crippen MR) is 80.9 cm³/mol. The molecule has 0 aromatic heterocycles. The Labute approximate surface area is 115 Å². The van der Waals surface area contributed by atoms with E-state index in [0.717, 1.165) is 12.8 Å². The van der Waals surface area contributed by atoms with Crippen LogP contribution >= 0.6 is 0 Å². The highest BCUT2D eigenvalue weighted by Gasteiger charge is 1.89. The van der Waals surface area contributed by atoms with Gasteiger partial charge in [-0.1, -0.05) is 78.1 Å². The fourth-order valence-electron chi connectivity index (χ4n) is 1.78. The van der Waals surface area contributed by atoms with Crippen molar-refractivity contribution in [2.45, 2.75) is 90.9 Å². The molecule has 0 unspecified atom stereocenters. The van der Waals surface area contributed by atoms with Crippen LogP contribution in [0.3, 0.4) is 0 Å². The van der Waals surface area contributed by atoms with Crippen LogP contribution in [0.1, 0.15) is 90.9 Å². The molecular formula is C16H36O2. The zero-order valence-corrected chi connectivity index (χ0v) is 12.8. The molecule has 0 aliphatic carbocycles. The summed E-state index contributed by atoms with van der Waals surface area (Å²) in [4.78, 5) is 0. The summed E-state index contributed by atoms with van der Waals surface area (Å²) in [5.74, 6) is 0. The molecule has 0 heterocycles. The SMILES string of the molecule is CCCCCCCCCCO.CCCCCCO. The molecule has 0 saturated carbocycles. The van der Waals surface area contributed by atoms with Gasteiger partial charge in [0.25, 0.3) is 0 Å². The van der Waals surface area contributed by atoms with Crippen molar-refractivity contribution in [1.82, 2.24) is 0 Å². The Bertz CT molecular complexity index is 104. The lowest BCUT2D eigenvalue weighted by atomic mass is 10.1. The highest BCUT2D eigenvalue weighted by Crippen LogP contribution is 2.07. The van der Waals surface area contributed by atoms with Gasteiger partial charge in [-0.05, 0) is 12.8 Å². The maximum Gasteiger partial charge on any atom is 0.0431 e. The Morgan fingerprint density at radius 2 is 0.722 bits per heavy atom. The van der Waals surface area contributed by atoms with Gasteiger partial charge in [0.2, 0.25) is 0 Å². The molecule has 0 bridgehead atoms. The second-order valence-corrected chi connectivity index (χ2v) is 4.98. The van der Waals surface area contributed by atoms with Crippen LogP contribution < -0.4 is 0 Å². The summed E-state index contributed by atoms with van der Waals surface area (Å²) in [6.07, 6.45) is 15.1. The number of aliphatic hydroxyl groups excluding tert-OH is 2. The van der Waals surface area contributed by atoms with Crippen molar-refractivity contribution in [3.05, 3.63) is 0 Å². The van der Waals surface area contributed by atoms with Crippen LogP contribution in [0.2, 0.25) is 0 Å². The lowest BCUT2D eigenvalue weighted by Gasteiger charge is -1.98. The van der Waals surface area contributed by atoms with E-state index in [2.05, 4.69) is 13.8 Å². The number of unbranched alkanes of at least 4 members (excludes halogenated alkanes) is 10. The van der Waals surface area contributed by atoms with Gasteiger partial charge >= 0.3 is 0 Å². The number of rotatable bonds is 12. The van der Waals surface area contributed by atoms with Crippen LogP contribution in [0.4, 0.5) is 0 Å². The van der Waals surface area contributed by atoms with E-state index in [0.29, 0.717) is 13.2 Å². The van der Waals surface area contributed by atoms with E-state index >= 15 is 0 Å². The van der Waals surface area contributed by atoms with Gasteiger partial charge in [-0.3, -0.25) is 0 Å². The van der Waals surface area contributed by atoms with Crippen molar-refractivity contribution in [3.63, 3.8) is 0 Å². The molecule has 0 atom stereocenters. The van der Waals surface area contributed by atoms with E-state index in [1.807, 2.05) is 0 Å². The van der Waals surface area contributed by atoms with Crippen molar-refractivity contribution in [2.24, 2.45) is 0 Å². The summed E-state index contributed by atoms with van der Waals surface area (Å²) in [6, 6.07) is 0. The molecule has 0 amide bonds. The Morgan fingerprint density at radius 1 is 0.444 bits per heavy atom. The average molecular weight is 260 g/mol. The molecular weight excluding hydrogens is 224 g/mol. The van der Waals surface area contributed by atoms with Crippen molar-refractivity contribution in [1.29, 1.82) is 0 Å². The molecule has 0 rings (SSSR count). The van der Waals surface area contributed by atoms with Crippen molar-refractivity contribution in [2.75, 3.05) is 13.2 Å². The molecule has 2 nitrogen and oxygen atoms in total. The zero-order valence-electron chi connectivity index (χ0n) is 12.8. The largest absolute Gasteiger partial charge is 0.396 e. The molecule has 0 aromatic carbocycles. The van der Waals surface area contributed by atoms with Gasteiger partial charge in [-0.2, -0.15) is 0 Å². The van der Waals surface area contributed by atoms with Gasteiger partial charge in [0, 0.05) is 13.2 Å². The maximum absolute atomic E-state index is 8.51. The molecule has 112 valence electrons. The Kier molecular flexibility index (Phi) is 24.9. The molecule has 0 aliphatic rings. The van der Waals surface area contributed by atoms with Crippen molar-refractivity contribution >= 4 is 0 Å². The van der Waals surface area contributed by atoms with E-state index in [-0.39, 0.29) is 0 Å². The van der Waals surface area contributed by atoms with E-state index < -0.39 is 0 Å². The first kappa shape index (κ1) is 20.2. The summed E-state index contributed by atoms with van der Waals surface area (Å²) in [5.41, 5.74) is 0. The lowest BCUT2D eigenvalue weighted by molar-refractivity contribution is 0.282. The molecule has 2 N–H and O–H groups in total. The monoisotopic (exact) mass is 260 g/mol. The van der Waals surface area contributed by atoms with Crippen LogP contribution in [0.25, 0.3) is 0 Å². The molecule has 0 radical (unpaired) electrons. The third-order valence-electron chi connectivity index (χ3n) is 3.02. The minimum absolute atomic E-state index is 0.361. The smallest absolute Gasteiger partial charge is 0.0431 e. The number of hydrogen-bond donors (Lipinski definition) is 2. The standard InChI is InChI=1S/C10H22O.C6H14O/c1-2-3-4-5-6-7-8-9-10-11;1-2-3-4-5-6-7/h11H,2-10H2,1H3;7H,2-6H2,1H3. The van der Waals surface area contributed by atoms with Crippen LogP contribution in [0.15, 0.2) is 0 Å². The van der Waals surface area contributed by atoms with Gasteiger partial charge < -0.3 is 10.2 Å². The number of hydrogen-bond acceptors (Lipinski definition) is 2. The minimum Gasteiger partial charge on any atom is -0.396 e. The molecule has 18 heavy (non-hydrogen) atoms. The number of aliphatic hydroxyl groups is 2. The van der Waals surface area contributed by atoms with Gasteiger partial charge in [0.1, 0.15) is 0 Å². The summed E-state index contributed by atoms with van der Waals surface area (Å²) in [7, 11) is 0. The highest BCUT2D eigenvalue weighted by molar-refractivity contribution is 4.44. The summed E-state index contributed by atoms with van der Waals surface area (Å²) < 4.78 is 0. The first-order chi connectivity index (χ1) is 8.83. The molecule has 0 saturated heterocycles. The zero-order chi connectivity index (χ0) is 13.9. The highest BCUT2D eigenvalue weighted by atomic mass is 16.3. The third kappa shape index (κ3) is 24.9. The van der Waals surface area contributed by atoms with Gasteiger partial charge in [0.05, 0.1) is 0 Å². The van der Waals surface area contributed by atoms with Gasteiger partial charge in [-0.15, -0.1) is 0 Å². The van der Waals surface area contributed by atoms with E-state index in [1.165, 1.54) is 64.2 Å². The summed E-state index contributed by atoms with van der Waals surface area (Å²) in [6.45, 7) is 5.14. The van der Waals surface area contributed by atoms with Crippen molar-refractivity contribution in [3.8, 4) is 0 Å². The average Bonchev–Trinajstić information content (AvgIpc) is 2.39. The maximum atomic E-state index is 8.51. The van der Waals surface area contributed by atoms with Crippen LogP contribution in [-0.2, 0) is 0 Å². The van der Waals surface area contributed by atoms with Crippen LogP contribution in [0.5, 0.6) is 0 Å². The van der Waals surface area contributed by atoms with Gasteiger partial charge in [-0.25, -0.2) is 0 Å². The molecule has 2 heteroatoms. The first-order valence-electron chi connectivity index (χ1n) is 8.05. The second-order valence-electron chi connectivity index (χ2n) is 4.98. The topological polar surface area (TPSA) is 40.5 Å². The lowest BCUT2D eigenvalue weighted by Crippen LogP contribution is -1.83. The molecule has 0 aliphatic heterocycles. The van der Waals surface area contributed by atoms with Crippen LogP contribution in [-0.4, -0.2) is 23.4 Å². The fourth-order valence-corrected chi connectivity index (χ4v) is 1.78. The first-order valence-corrected chi connectivity index (χ1v) is 8.05. The Hall–Kier alpha value is -0.0800. The molecule has 0 aromatic rings. The molecule has 0 spiro atoms. The predicted octanol–water partition coefficient (Wildman–Crippen LogP) is 4.68. The van der Waals surface area contributed by atoms with Crippen molar-refractivity contribution < 1.29 is 10.2 Å². The van der Waals surface area contributed by atoms with E-state index in [4.69, 9.17) is 10.2 Å². The summed E-state index contributed by atoms with van der Waals surface area (Å²) >= 11 is 0. The second kappa shape index (κ2) is 22.1. The summed E-state index contributed by atoms with van der Waals surface area (Å²) in [5, 5.41) is 16.8. The Balaban J connectivity index is 0. The fraction of sp³-hybridized carbons (Fsp3) is 1.00. The van der Waals surface area contributed by atoms with E-state index in [9.17, 15) is 0 Å². The van der Waals surface area contributed by atoms with Crippen LogP contribution in [0, 0.1) is 0 Å². The molecule has 0 fully saturated rings. The van der Waals surface area contributed by atoms with E-state index in [1.54, 1.807) is 0 Å². The van der Waals surface area contributed by atoms with Gasteiger partial charge in [0.15, 0.2) is 0 Å². The Morgan fingerprint density at radius 3 is 1.06 bits per heavy atom. The normalized spacial score (nSPS) is 10.0. The third-order valence-corrected chi connectivity index (χ3v) is 3.02. The minimum atomic E-state index is 0.361. The quantitative estimate of drug-likeness (QED) is 0.500.